The number of carbonyl (C=O) groups excluding carboxylic acids is 1. The third-order valence-corrected chi connectivity index (χ3v) is 8.45. The molecule has 1 heterocycles. The zero-order chi connectivity index (χ0) is 25.3. The lowest BCUT2D eigenvalue weighted by atomic mass is 9.79. The third kappa shape index (κ3) is 4.48. The van der Waals surface area contributed by atoms with Crippen LogP contribution in [-0.2, 0) is 14.8 Å². The highest BCUT2D eigenvalue weighted by molar-refractivity contribution is 7.89. The van der Waals surface area contributed by atoms with Crippen molar-refractivity contribution in [2.75, 3.05) is 6.54 Å². The van der Waals surface area contributed by atoms with E-state index in [0.29, 0.717) is 16.2 Å². The number of rotatable bonds is 5. The average molecular weight is 514 g/mol. The van der Waals surface area contributed by atoms with Crippen molar-refractivity contribution in [2.24, 2.45) is 0 Å². The highest BCUT2D eigenvalue weighted by Gasteiger charge is 2.41. The van der Waals surface area contributed by atoms with Crippen molar-refractivity contribution in [3.63, 3.8) is 0 Å². The maximum Gasteiger partial charge on any atom is 0.268 e. The summed E-state index contributed by atoms with van der Waals surface area (Å²) in [5.41, 5.74) is 4.53. The van der Waals surface area contributed by atoms with Gasteiger partial charge in [0.05, 0.1) is 10.5 Å². The van der Waals surface area contributed by atoms with Gasteiger partial charge in [0.2, 0.25) is 0 Å². The Balaban J connectivity index is 1.78. The van der Waals surface area contributed by atoms with Gasteiger partial charge in [-0.1, -0.05) is 102 Å². The summed E-state index contributed by atoms with van der Waals surface area (Å²) in [4.78, 5) is 14.2. The summed E-state index contributed by atoms with van der Waals surface area (Å²) in [6.07, 6.45) is 0. The fraction of sp³-hybridized carbons (Fsp3) is 0.100. The number of hydrogen-bond acceptors (Lipinski definition) is 3. The highest BCUT2D eigenvalue weighted by atomic mass is 35.5. The standard InChI is InChI=1S/C30H24ClNO3S/c1-21-12-18-26(19-13-21)36(34,35)32-20-27(22-14-16-25(31)17-15-22)28(23-8-4-2-5-9-23)29(30(32)33)24-10-6-3-7-11-24/h2-19,27H,20H2,1H3. The maximum atomic E-state index is 14.1. The first-order valence-electron chi connectivity index (χ1n) is 11.6. The van der Waals surface area contributed by atoms with E-state index in [2.05, 4.69) is 0 Å². The Morgan fingerprint density at radius 1 is 0.750 bits per heavy atom. The van der Waals surface area contributed by atoms with Crippen LogP contribution in [0.25, 0.3) is 11.1 Å². The molecule has 0 saturated heterocycles. The van der Waals surface area contributed by atoms with Crippen molar-refractivity contribution in [1.29, 1.82) is 0 Å². The topological polar surface area (TPSA) is 54.5 Å². The Hall–Kier alpha value is -3.67. The Bertz CT molecular complexity index is 1530. The number of sulfonamides is 1. The zero-order valence-corrected chi connectivity index (χ0v) is 21.2. The van der Waals surface area contributed by atoms with Gasteiger partial charge < -0.3 is 0 Å². The largest absolute Gasteiger partial charge is 0.268 e. The summed E-state index contributed by atoms with van der Waals surface area (Å²) in [5, 5.41) is 0.586. The summed E-state index contributed by atoms with van der Waals surface area (Å²) in [6, 6.07) is 32.9. The van der Waals surface area contributed by atoms with Gasteiger partial charge in [0.15, 0.2) is 0 Å². The molecule has 0 aromatic heterocycles. The molecule has 0 N–H and O–H groups in total. The van der Waals surface area contributed by atoms with Crippen LogP contribution in [0.3, 0.4) is 0 Å². The van der Waals surface area contributed by atoms with E-state index >= 15 is 0 Å². The summed E-state index contributed by atoms with van der Waals surface area (Å²) in [6.45, 7) is 1.87. The van der Waals surface area contributed by atoms with Crippen molar-refractivity contribution in [2.45, 2.75) is 17.7 Å². The van der Waals surface area contributed by atoms with E-state index in [1.807, 2.05) is 79.7 Å². The van der Waals surface area contributed by atoms with Crippen LogP contribution in [0.15, 0.2) is 114 Å². The molecule has 0 aliphatic carbocycles. The van der Waals surface area contributed by atoms with Crippen molar-refractivity contribution in [3.05, 3.63) is 136 Å². The minimum Gasteiger partial charge on any atom is -0.268 e. The van der Waals surface area contributed by atoms with Crippen molar-refractivity contribution in [1.82, 2.24) is 4.31 Å². The van der Waals surface area contributed by atoms with E-state index in [4.69, 9.17) is 11.6 Å². The Morgan fingerprint density at radius 3 is 1.89 bits per heavy atom. The molecule has 1 atom stereocenters. The molecular formula is C30H24ClNO3S. The third-order valence-electron chi connectivity index (χ3n) is 6.44. The van der Waals surface area contributed by atoms with E-state index in [0.717, 1.165) is 26.6 Å². The van der Waals surface area contributed by atoms with Gasteiger partial charge in [0, 0.05) is 17.5 Å². The SMILES string of the molecule is Cc1ccc(S(=O)(=O)N2CC(c3ccc(Cl)cc3)C(c3ccccc3)=C(c3ccccc3)C2=O)cc1. The first kappa shape index (κ1) is 24.0. The predicted octanol–water partition coefficient (Wildman–Crippen LogP) is 6.57. The lowest BCUT2D eigenvalue weighted by Crippen LogP contribution is -2.44. The van der Waals surface area contributed by atoms with Crippen LogP contribution in [0.4, 0.5) is 0 Å². The molecule has 6 heteroatoms. The lowest BCUT2D eigenvalue weighted by Gasteiger charge is -2.36. The Labute approximate surface area is 216 Å². The number of amides is 1. The van der Waals surface area contributed by atoms with Gasteiger partial charge in [-0.25, -0.2) is 12.7 Å². The molecule has 0 fully saturated rings. The van der Waals surface area contributed by atoms with Crippen LogP contribution in [-0.4, -0.2) is 25.2 Å². The van der Waals surface area contributed by atoms with Crippen LogP contribution in [0, 0.1) is 6.92 Å². The van der Waals surface area contributed by atoms with Gasteiger partial charge in [-0.15, -0.1) is 0 Å². The zero-order valence-electron chi connectivity index (χ0n) is 19.6. The molecule has 0 radical (unpaired) electrons. The minimum atomic E-state index is -4.10. The van der Waals surface area contributed by atoms with Gasteiger partial charge in [-0.2, -0.15) is 0 Å². The second-order valence-corrected chi connectivity index (χ2v) is 11.1. The summed E-state index contributed by atoms with van der Waals surface area (Å²) < 4.78 is 28.7. The minimum absolute atomic E-state index is 0.0166. The van der Waals surface area contributed by atoms with Crippen LogP contribution >= 0.6 is 11.6 Å². The van der Waals surface area contributed by atoms with E-state index in [-0.39, 0.29) is 11.4 Å². The molecule has 1 unspecified atom stereocenters. The van der Waals surface area contributed by atoms with Crippen LogP contribution in [0.2, 0.25) is 5.02 Å². The van der Waals surface area contributed by atoms with Crippen molar-refractivity contribution < 1.29 is 13.2 Å². The average Bonchev–Trinajstić information content (AvgIpc) is 2.90. The van der Waals surface area contributed by atoms with Gasteiger partial charge >= 0.3 is 0 Å². The second-order valence-electron chi connectivity index (χ2n) is 8.78. The van der Waals surface area contributed by atoms with Crippen LogP contribution in [0.1, 0.15) is 28.2 Å². The van der Waals surface area contributed by atoms with Crippen LogP contribution in [0.5, 0.6) is 0 Å². The summed E-state index contributed by atoms with van der Waals surface area (Å²) >= 11 is 6.17. The first-order chi connectivity index (χ1) is 17.4. The fourth-order valence-corrected chi connectivity index (χ4v) is 6.13. The van der Waals surface area contributed by atoms with Gasteiger partial charge in [0.25, 0.3) is 15.9 Å². The highest BCUT2D eigenvalue weighted by Crippen LogP contribution is 2.44. The molecule has 1 aliphatic heterocycles. The Morgan fingerprint density at radius 2 is 1.31 bits per heavy atom. The molecule has 180 valence electrons. The van der Waals surface area contributed by atoms with Crippen molar-refractivity contribution in [3.8, 4) is 0 Å². The number of hydrogen-bond donors (Lipinski definition) is 0. The molecule has 0 saturated carbocycles. The predicted molar refractivity (Wildman–Crippen MR) is 144 cm³/mol. The lowest BCUT2D eigenvalue weighted by molar-refractivity contribution is -0.121. The molecule has 5 rings (SSSR count). The maximum absolute atomic E-state index is 14.1. The van der Waals surface area contributed by atoms with Gasteiger partial charge in [0.1, 0.15) is 0 Å². The van der Waals surface area contributed by atoms with Crippen LogP contribution < -0.4 is 0 Å². The van der Waals surface area contributed by atoms with Gasteiger partial charge in [-0.05, 0) is 53.5 Å². The molecule has 0 bridgehead atoms. The fourth-order valence-electron chi connectivity index (χ4n) is 4.61. The number of halogens is 1. The monoisotopic (exact) mass is 513 g/mol. The van der Waals surface area contributed by atoms with E-state index in [9.17, 15) is 13.2 Å². The summed E-state index contributed by atoms with van der Waals surface area (Å²) in [7, 11) is -4.10. The molecule has 1 aliphatic rings. The summed E-state index contributed by atoms with van der Waals surface area (Å²) in [5.74, 6) is -0.927. The number of nitrogens with zero attached hydrogens (tertiary/aromatic N) is 1. The molecule has 36 heavy (non-hydrogen) atoms. The second kappa shape index (κ2) is 9.76. The number of carbonyl (C=O) groups is 1. The van der Waals surface area contributed by atoms with E-state index < -0.39 is 21.8 Å². The molecule has 4 aromatic rings. The van der Waals surface area contributed by atoms with Crippen molar-refractivity contribution >= 4 is 38.7 Å². The molecule has 1 amide bonds. The molecular weight excluding hydrogens is 490 g/mol. The van der Waals surface area contributed by atoms with E-state index in [1.165, 1.54) is 0 Å². The molecule has 4 nitrogen and oxygen atoms in total. The quantitative estimate of drug-likeness (QED) is 0.303. The molecule has 4 aromatic carbocycles. The van der Waals surface area contributed by atoms with Gasteiger partial charge in [-0.3, -0.25) is 4.79 Å². The van der Waals surface area contributed by atoms with E-state index in [1.54, 1.807) is 36.4 Å². The smallest absolute Gasteiger partial charge is 0.268 e. The first-order valence-corrected chi connectivity index (χ1v) is 13.4. The normalized spacial score (nSPS) is 16.3. The molecule has 0 spiro atoms. The number of benzene rings is 4. The number of aryl methyl sites for hydroxylation is 1. The Kier molecular flexibility index (Phi) is 6.52.